The zero-order valence-electron chi connectivity index (χ0n) is 13.4. The van der Waals surface area contributed by atoms with E-state index < -0.39 is 0 Å². The normalized spacial score (nSPS) is 10.7. The number of ether oxygens (including phenoxy) is 1. The minimum atomic E-state index is -0.374. The maximum atomic E-state index is 13.7. The Labute approximate surface area is 154 Å². The summed E-state index contributed by atoms with van der Waals surface area (Å²) >= 11 is 11.1. The molecule has 0 aliphatic carbocycles. The summed E-state index contributed by atoms with van der Waals surface area (Å²) in [5.74, 6) is 1.02. The summed E-state index contributed by atoms with van der Waals surface area (Å²) in [6.07, 6.45) is 0. The van der Waals surface area contributed by atoms with Crippen molar-refractivity contribution in [2.45, 2.75) is 20.1 Å². The molecule has 0 fully saturated rings. The predicted octanol–water partition coefficient (Wildman–Crippen LogP) is 4.36. The first-order valence-corrected chi connectivity index (χ1v) is 8.36. The van der Waals surface area contributed by atoms with Gasteiger partial charge in [-0.25, -0.2) is 9.07 Å². The third-order valence-electron chi connectivity index (χ3n) is 3.65. The molecule has 2 aromatic carbocycles. The number of aryl methyl sites for hydroxylation is 1. The minimum absolute atomic E-state index is 0.0759. The maximum Gasteiger partial charge on any atom is 0.214 e. The van der Waals surface area contributed by atoms with Crippen molar-refractivity contribution >= 4 is 23.8 Å². The summed E-state index contributed by atoms with van der Waals surface area (Å²) in [6, 6.07) is 12.1. The number of benzene rings is 2. The fourth-order valence-corrected chi connectivity index (χ4v) is 2.72. The molecule has 3 rings (SSSR count). The number of rotatable bonds is 6. The maximum absolute atomic E-state index is 13.7. The molecular formula is C17H16ClFN4OS. The Morgan fingerprint density at radius 3 is 2.68 bits per heavy atom. The van der Waals surface area contributed by atoms with Crippen molar-refractivity contribution < 1.29 is 9.13 Å². The lowest BCUT2D eigenvalue weighted by Gasteiger charge is -2.11. The highest BCUT2D eigenvalue weighted by Gasteiger charge is 2.07. The Morgan fingerprint density at radius 1 is 1.28 bits per heavy atom. The van der Waals surface area contributed by atoms with Gasteiger partial charge >= 0.3 is 0 Å². The molecule has 8 heteroatoms. The lowest BCUT2D eigenvalue weighted by molar-refractivity contribution is 0.300. The van der Waals surface area contributed by atoms with E-state index in [1.807, 2.05) is 31.2 Å². The van der Waals surface area contributed by atoms with E-state index in [-0.39, 0.29) is 12.4 Å². The van der Waals surface area contributed by atoms with Crippen molar-refractivity contribution in [1.82, 2.24) is 14.9 Å². The van der Waals surface area contributed by atoms with Gasteiger partial charge < -0.3 is 10.2 Å². The number of nitrogens with zero attached hydrogens (tertiary/aromatic N) is 2. The first-order valence-electron chi connectivity index (χ1n) is 7.57. The monoisotopic (exact) mass is 378 g/mol. The van der Waals surface area contributed by atoms with Crippen LogP contribution in [0.15, 0.2) is 42.5 Å². The van der Waals surface area contributed by atoms with Crippen LogP contribution in [0.4, 0.5) is 4.39 Å². The van der Waals surface area contributed by atoms with Gasteiger partial charge in [-0.2, -0.15) is 5.10 Å². The second-order valence-corrected chi connectivity index (χ2v) is 6.17. The molecule has 25 heavy (non-hydrogen) atoms. The highest BCUT2D eigenvalue weighted by Crippen LogP contribution is 2.21. The number of H-pyrrole nitrogens is 1. The van der Waals surface area contributed by atoms with Gasteiger partial charge in [-0.3, -0.25) is 5.10 Å². The second-order valence-electron chi connectivity index (χ2n) is 5.38. The molecule has 2 N–H and O–H groups in total. The molecule has 0 atom stereocenters. The van der Waals surface area contributed by atoms with Crippen LogP contribution in [-0.4, -0.2) is 14.9 Å². The van der Waals surface area contributed by atoms with Crippen molar-refractivity contribution in [3.63, 3.8) is 0 Å². The van der Waals surface area contributed by atoms with E-state index in [0.717, 1.165) is 11.4 Å². The molecule has 0 saturated carbocycles. The lowest BCUT2D eigenvalue weighted by atomic mass is 10.2. The van der Waals surface area contributed by atoms with E-state index in [1.54, 1.807) is 16.8 Å². The van der Waals surface area contributed by atoms with E-state index in [0.29, 0.717) is 27.7 Å². The Balaban J connectivity index is 1.60. The third kappa shape index (κ3) is 4.18. The zero-order valence-corrected chi connectivity index (χ0v) is 15.0. The van der Waals surface area contributed by atoms with Crippen LogP contribution in [0.2, 0.25) is 5.02 Å². The highest BCUT2D eigenvalue weighted by molar-refractivity contribution is 7.71. The Bertz CT molecular complexity index is 903. The average Bonchev–Trinajstić information content (AvgIpc) is 2.92. The van der Waals surface area contributed by atoms with Gasteiger partial charge in [-0.05, 0) is 49.0 Å². The average molecular weight is 379 g/mol. The van der Waals surface area contributed by atoms with Crippen molar-refractivity contribution in [3.05, 3.63) is 75.0 Å². The van der Waals surface area contributed by atoms with Crippen LogP contribution in [0.25, 0.3) is 0 Å². The third-order valence-corrected chi connectivity index (χ3v) is 4.28. The number of aromatic amines is 1. The van der Waals surface area contributed by atoms with E-state index in [9.17, 15) is 4.39 Å². The molecule has 0 saturated heterocycles. The smallest absolute Gasteiger partial charge is 0.214 e. The standard InChI is InChI=1S/C17H16ClFN4OS/c1-11-21-22-17(25)23(11)20-9-12-5-7-13(8-6-12)24-10-14-15(18)3-2-4-16(14)19/h2-8,20H,9-10H2,1H3,(H,22,25). The first-order chi connectivity index (χ1) is 12.0. The molecule has 0 radical (unpaired) electrons. The van der Waals surface area contributed by atoms with Crippen LogP contribution < -0.4 is 10.2 Å². The Morgan fingerprint density at radius 2 is 2.04 bits per heavy atom. The minimum Gasteiger partial charge on any atom is -0.489 e. The van der Waals surface area contributed by atoms with Gasteiger partial charge in [0.1, 0.15) is 24.0 Å². The van der Waals surface area contributed by atoms with E-state index in [2.05, 4.69) is 15.6 Å². The molecule has 0 spiro atoms. The predicted molar refractivity (Wildman–Crippen MR) is 97.4 cm³/mol. The summed E-state index contributed by atoms with van der Waals surface area (Å²) in [6.45, 7) is 2.50. The van der Waals surface area contributed by atoms with Crippen molar-refractivity contribution in [3.8, 4) is 5.75 Å². The zero-order chi connectivity index (χ0) is 17.8. The molecule has 0 unspecified atom stereocenters. The SMILES string of the molecule is Cc1n[nH]c(=S)n1NCc1ccc(OCc2c(F)cccc2Cl)cc1. The molecule has 5 nitrogen and oxygen atoms in total. The molecule has 1 aromatic heterocycles. The molecule has 0 amide bonds. The van der Waals surface area contributed by atoms with Crippen LogP contribution in [0, 0.1) is 17.5 Å². The van der Waals surface area contributed by atoms with Gasteiger partial charge in [0.15, 0.2) is 0 Å². The van der Waals surface area contributed by atoms with Gasteiger partial charge in [0.05, 0.1) is 11.6 Å². The fraction of sp³-hybridized carbons (Fsp3) is 0.176. The van der Waals surface area contributed by atoms with Crippen LogP contribution in [-0.2, 0) is 13.2 Å². The van der Waals surface area contributed by atoms with Gasteiger partial charge in [-0.1, -0.05) is 29.8 Å². The number of hydrogen-bond donors (Lipinski definition) is 2. The number of halogens is 2. The van der Waals surface area contributed by atoms with Crippen LogP contribution in [0.5, 0.6) is 5.75 Å². The van der Waals surface area contributed by atoms with E-state index in [4.69, 9.17) is 28.6 Å². The summed E-state index contributed by atoms with van der Waals surface area (Å²) in [7, 11) is 0. The van der Waals surface area contributed by atoms with E-state index in [1.165, 1.54) is 6.07 Å². The van der Waals surface area contributed by atoms with Crippen molar-refractivity contribution in [2.75, 3.05) is 5.43 Å². The largest absolute Gasteiger partial charge is 0.489 e. The molecule has 0 aliphatic rings. The first kappa shape index (κ1) is 17.4. The quantitative estimate of drug-likeness (QED) is 0.625. The highest BCUT2D eigenvalue weighted by atomic mass is 35.5. The topological polar surface area (TPSA) is 54.9 Å². The summed E-state index contributed by atoms with van der Waals surface area (Å²) in [5.41, 5.74) is 4.57. The van der Waals surface area contributed by atoms with Crippen molar-refractivity contribution in [1.29, 1.82) is 0 Å². The van der Waals surface area contributed by atoms with Gasteiger partial charge in [0.25, 0.3) is 0 Å². The Hall–Kier alpha value is -2.38. The Kier molecular flexibility index (Phi) is 5.35. The van der Waals surface area contributed by atoms with E-state index >= 15 is 0 Å². The number of nitrogens with one attached hydrogen (secondary N) is 2. The molecule has 0 bridgehead atoms. The molecule has 0 aliphatic heterocycles. The molecular weight excluding hydrogens is 363 g/mol. The summed E-state index contributed by atoms with van der Waals surface area (Å²) in [4.78, 5) is 0. The van der Waals surface area contributed by atoms with Gasteiger partial charge in [-0.15, -0.1) is 0 Å². The molecule has 3 aromatic rings. The molecule has 130 valence electrons. The second kappa shape index (κ2) is 7.67. The van der Waals surface area contributed by atoms with Crippen LogP contribution in [0.3, 0.4) is 0 Å². The lowest BCUT2D eigenvalue weighted by Crippen LogP contribution is -2.15. The fourth-order valence-electron chi connectivity index (χ4n) is 2.26. The molecule has 1 heterocycles. The number of aromatic nitrogens is 3. The van der Waals surface area contributed by atoms with Crippen molar-refractivity contribution in [2.24, 2.45) is 0 Å². The summed E-state index contributed by atoms with van der Waals surface area (Å²) < 4.78 is 21.6. The van der Waals surface area contributed by atoms with Gasteiger partial charge in [0.2, 0.25) is 4.77 Å². The summed E-state index contributed by atoms with van der Waals surface area (Å²) in [5, 5.41) is 7.10. The van der Waals surface area contributed by atoms with Crippen LogP contribution >= 0.6 is 23.8 Å². The van der Waals surface area contributed by atoms with Crippen LogP contribution in [0.1, 0.15) is 17.0 Å². The van der Waals surface area contributed by atoms with Gasteiger partial charge in [0, 0.05) is 5.56 Å². The number of hydrogen-bond acceptors (Lipinski definition) is 4.